The fourth-order valence-corrected chi connectivity index (χ4v) is 2.96. The Bertz CT molecular complexity index is 540. The standard InChI is InChI=1S/C12H17N5O2S/c13-9-8(20-12(17-9)15-6-3-4-6)11(19)16-7-2-1-5-14-10(7)18/h6-7H,1-5,13H2,(H,14,18)(H,15,17)(H,16,19). The quantitative estimate of drug-likeness (QED) is 0.639. The molecule has 20 heavy (non-hydrogen) atoms. The summed E-state index contributed by atoms with van der Waals surface area (Å²) in [6.45, 7) is 0.670. The molecule has 0 bridgehead atoms. The van der Waals surface area contributed by atoms with Crippen LogP contribution >= 0.6 is 11.3 Å². The summed E-state index contributed by atoms with van der Waals surface area (Å²) in [7, 11) is 0. The largest absolute Gasteiger partial charge is 0.382 e. The maximum absolute atomic E-state index is 12.2. The lowest BCUT2D eigenvalue weighted by Crippen LogP contribution is -2.50. The number of piperidine rings is 1. The molecule has 1 aliphatic carbocycles. The number of nitrogen functional groups attached to an aromatic ring is 1. The first-order chi connectivity index (χ1) is 9.63. The Kier molecular flexibility index (Phi) is 3.47. The molecular formula is C12H17N5O2S. The van der Waals surface area contributed by atoms with Gasteiger partial charge in [0.15, 0.2) is 5.13 Å². The van der Waals surface area contributed by atoms with Crippen molar-refractivity contribution in [2.45, 2.75) is 37.8 Å². The lowest BCUT2D eigenvalue weighted by molar-refractivity contribution is -0.124. The molecule has 1 unspecified atom stereocenters. The molecule has 3 rings (SSSR count). The van der Waals surface area contributed by atoms with Crippen LogP contribution < -0.4 is 21.7 Å². The van der Waals surface area contributed by atoms with Gasteiger partial charge in [-0.05, 0) is 25.7 Å². The van der Waals surface area contributed by atoms with Crippen molar-refractivity contribution >= 4 is 34.1 Å². The molecule has 0 aromatic carbocycles. The molecule has 2 heterocycles. The molecule has 2 fully saturated rings. The molecule has 1 atom stereocenters. The normalized spacial score (nSPS) is 22.2. The number of amides is 2. The van der Waals surface area contributed by atoms with Gasteiger partial charge in [-0.1, -0.05) is 11.3 Å². The summed E-state index contributed by atoms with van der Waals surface area (Å²) >= 11 is 1.23. The minimum absolute atomic E-state index is 0.135. The maximum Gasteiger partial charge on any atom is 0.265 e. The number of hydrogen-bond acceptors (Lipinski definition) is 6. The molecule has 108 valence electrons. The number of carbonyl (C=O) groups is 2. The number of carbonyl (C=O) groups excluding carboxylic acids is 2. The Balaban J connectivity index is 1.66. The third-order valence-electron chi connectivity index (χ3n) is 3.36. The second kappa shape index (κ2) is 5.28. The van der Waals surface area contributed by atoms with E-state index >= 15 is 0 Å². The molecule has 1 saturated heterocycles. The number of rotatable bonds is 4. The van der Waals surface area contributed by atoms with Crippen LogP contribution in [-0.4, -0.2) is 35.4 Å². The summed E-state index contributed by atoms with van der Waals surface area (Å²) in [5, 5.41) is 9.34. The molecule has 0 spiro atoms. The molecule has 5 N–H and O–H groups in total. The zero-order chi connectivity index (χ0) is 14.1. The van der Waals surface area contributed by atoms with Gasteiger partial charge in [-0.25, -0.2) is 4.98 Å². The molecule has 8 heteroatoms. The number of thiazole rings is 1. The summed E-state index contributed by atoms with van der Waals surface area (Å²) in [5.41, 5.74) is 5.78. The van der Waals surface area contributed by atoms with Gasteiger partial charge in [0.2, 0.25) is 5.91 Å². The van der Waals surface area contributed by atoms with Gasteiger partial charge in [0.05, 0.1) is 0 Å². The summed E-state index contributed by atoms with van der Waals surface area (Å²) in [6, 6.07) is -0.0156. The Labute approximate surface area is 120 Å². The highest BCUT2D eigenvalue weighted by atomic mass is 32.1. The Morgan fingerprint density at radius 2 is 2.20 bits per heavy atom. The predicted octanol–water partition coefficient (Wildman–Crippen LogP) is 0.308. The zero-order valence-corrected chi connectivity index (χ0v) is 11.8. The molecule has 2 amide bonds. The van der Waals surface area contributed by atoms with Crippen LogP contribution in [0.15, 0.2) is 0 Å². The Morgan fingerprint density at radius 3 is 2.90 bits per heavy atom. The number of anilines is 2. The molecule has 1 saturated carbocycles. The van der Waals surface area contributed by atoms with E-state index in [0.717, 1.165) is 19.3 Å². The third-order valence-corrected chi connectivity index (χ3v) is 4.36. The van der Waals surface area contributed by atoms with E-state index in [1.54, 1.807) is 0 Å². The van der Waals surface area contributed by atoms with Gasteiger partial charge in [-0.15, -0.1) is 0 Å². The second-order valence-electron chi connectivity index (χ2n) is 5.11. The summed E-state index contributed by atoms with van der Waals surface area (Å²) < 4.78 is 0. The minimum Gasteiger partial charge on any atom is -0.382 e. The van der Waals surface area contributed by atoms with E-state index in [2.05, 4.69) is 20.9 Å². The van der Waals surface area contributed by atoms with Gasteiger partial charge < -0.3 is 21.7 Å². The van der Waals surface area contributed by atoms with E-state index in [9.17, 15) is 9.59 Å². The highest BCUT2D eigenvalue weighted by molar-refractivity contribution is 7.18. The van der Waals surface area contributed by atoms with Gasteiger partial charge in [0, 0.05) is 12.6 Å². The highest BCUT2D eigenvalue weighted by Crippen LogP contribution is 2.30. The smallest absolute Gasteiger partial charge is 0.265 e. The van der Waals surface area contributed by atoms with E-state index in [-0.39, 0.29) is 17.6 Å². The molecular weight excluding hydrogens is 278 g/mol. The van der Waals surface area contributed by atoms with Crippen molar-refractivity contribution in [1.29, 1.82) is 0 Å². The predicted molar refractivity (Wildman–Crippen MR) is 76.7 cm³/mol. The highest BCUT2D eigenvalue weighted by Gasteiger charge is 2.27. The molecule has 2 aliphatic rings. The Morgan fingerprint density at radius 1 is 1.40 bits per heavy atom. The van der Waals surface area contributed by atoms with Crippen molar-refractivity contribution in [3.8, 4) is 0 Å². The minimum atomic E-state index is -0.474. The van der Waals surface area contributed by atoms with E-state index in [4.69, 9.17) is 5.73 Å². The summed E-state index contributed by atoms with van der Waals surface area (Å²) in [6.07, 6.45) is 3.78. The van der Waals surface area contributed by atoms with E-state index in [0.29, 0.717) is 29.0 Å². The van der Waals surface area contributed by atoms with Crippen LogP contribution in [0.3, 0.4) is 0 Å². The monoisotopic (exact) mass is 295 g/mol. The number of aromatic nitrogens is 1. The van der Waals surface area contributed by atoms with Gasteiger partial charge in [-0.3, -0.25) is 9.59 Å². The topological polar surface area (TPSA) is 109 Å². The van der Waals surface area contributed by atoms with E-state index in [1.807, 2.05) is 0 Å². The molecule has 0 radical (unpaired) electrons. The van der Waals surface area contributed by atoms with Crippen LogP contribution in [0, 0.1) is 0 Å². The third kappa shape index (κ3) is 2.84. The average Bonchev–Trinajstić information content (AvgIpc) is 3.14. The second-order valence-corrected chi connectivity index (χ2v) is 6.11. The number of hydrogen-bond donors (Lipinski definition) is 4. The SMILES string of the molecule is Nc1nc(NC2CC2)sc1C(=O)NC1CCCNC1=O. The van der Waals surface area contributed by atoms with Crippen LogP contribution in [0.1, 0.15) is 35.4 Å². The van der Waals surface area contributed by atoms with Gasteiger partial charge in [0.25, 0.3) is 5.91 Å². The van der Waals surface area contributed by atoms with Crippen molar-refractivity contribution in [2.75, 3.05) is 17.6 Å². The number of nitrogens with two attached hydrogens (primary N) is 1. The first-order valence-corrected chi connectivity index (χ1v) is 7.56. The first-order valence-electron chi connectivity index (χ1n) is 6.75. The van der Waals surface area contributed by atoms with Crippen LogP contribution in [-0.2, 0) is 4.79 Å². The zero-order valence-electron chi connectivity index (χ0n) is 10.9. The van der Waals surface area contributed by atoms with Crippen molar-refractivity contribution in [3.63, 3.8) is 0 Å². The lowest BCUT2D eigenvalue weighted by Gasteiger charge is -2.22. The van der Waals surface area contributed by atoms with Crippen molar-refractivity contribution in [1.82, 2.24) is 15.6 Å². The van der Waals surface area contributed by atoms with Gasteiger partial charge in [0.1, 0.15) is 16.7 Å². The molecule has 1 aliphatic heterocycles. The first kappa shape index (κ1) is 13.2. The number of nitrogens with one attached hydrogen (secondary N) is 3. The van der Waals surface area contributed by atoms with Crippen LogP contribution in [0.4, 0.5) is 10.9 Å². The van der Waals surface area contributed by atoms with Crippen molar-refractivity contribution in [2.24, 2.45) is 0 Å². The average molecular weight is 295 g/mol. The fourth-order valence-electron chi connectivity index (χ4n) is 2.09. The maximum atomic E-state index is 12.2. The number of nitrogens with zero attached hydrogens (tertiary/aromatic N) is 1. The van der Waals surface area contributed by atoms with Crippen LogP contribution in [0.5, 0.6) is 0 Å². The van der Waals surface area contributed by atoms with E-state index < -0.39 is 6.04 Å². The Hall–Kier alpha value is -1.83. The summed E-state index contributed by atoms with van der Waals surface area (Å²) in [5.74, 6) is -0.248. The van der Waals surface area contributed by atoms with Gasteiger partial charge in [-0.2, -0.15) is 0 Å². The van der Waals surface area contributed by atoms with Crippen molar-refractivity contribution in [3.05, 3.63) is 4.88 Å². The molecule has 1 aromatic rings. The lowest BCUT2D eigenvalue weighted by atomic mass is 10.1. The van der Waals surface area contributed by atoms with Crippen LogP contribution in [0.25, 0.3) is 0 Å². The van der Waals surface area contributed by atoms with Crippen LogP contribution in [0.2, 0.25) is 0 Å². The fraction of sp³-hybridized carbons (Fsp3) is 0.583. The summed E-state index contributed by atoms with van der Waals surface area (Å²) in [4.78, 5) is 28.3. The van der Waals surface area contributed by atoms with Gasteiger partial charge >= 0.3 is 0 Å². The van der Waals surface area contributed by atoms with Crippen molar-refractivity contribution < 1.29 is 9.59 Å². The van der Waals surface area contributed by atoms with E-state index in [1.165, 1.54) is 11.3 Å². The molecule has 1 aromatic heterocycles. The molecule has 7 nitrogen and oxygen atoms in total.